The number of hydrogen-bond donors (Lipinski definition) is 2. The van der Waals surface area contributed by atoms with Gasteiger partial charge in [-0.25, -0.2) is 13.1 Å². The van der Waals surface area contributed by atoms with E-state index in [0.29, 0.717) is 24.5 Å². The highest BCUT2D eigenvalue weighted by Crippen LogP contribution is 2.13. The quantitative estimate of drug-likeness (QED) is 0.698. The van der Waals surface area contributed by atoms with Crippen LogP contribution in [0.5, 0.6) is 5.75 Å². The first-order valence-electron chi connectivity index (χ1n) is 7.83. The molecule has 0 saturated carbocycles. The van der Waals surface area contributed by atoms with Gasteiger partial charge in [0.2, 0.25) is 15.9 Å². The van der Waals surface area contributed by atoms with Crippen LogP contribution in [0, 0.1) is 0 Å². The molecule has 2 rings (SSSR count). The average molecular weight is 363 g/mol. The van der Waals surface area contributed by atoms with Crippen molar-refractivity contribution in [2.24, 2.45) is 0 Å². The average Bonchev–Trinajstić information content (AvgIpc) is 2.61. The molecule has 0 saturated heterocycles. The van der Waals surface area contributed by atoms with Crippen molar-refractivity contribution in [2.75, 3.05) is 13.2 Å². The summed E-state index contributed by atoms with van der Waals surface area (Å²) in [6.07, 6.45) is 3.27. The number of hydrogen-bond acceptors (Lipinski definition) is 5. The predicted molar refractivity (Wildman–Crippen MR) is 94.3 cm³/mol. The number of sulfonamides is 1. The minimum Gasteiger partial charge on any atom is -0.494 e. The normalized spacial score (nSPS) is 11.1. The summed E-state index contributed by atoms with van der Waals surface area (Å²) in [7, 11) is -3.60. The fourth-order valence-corrected chi connectivity index (χ4v) is 3.14. The van der Waals surface area contributed by atoms with Gasteiger partial charge in [0.15, 0.2) is 0 Å². The third kappa shape index (κ3) is 6.90. The molecule has 1 amide bonds. The third-order valence-electron chi connectivity index (χ3n) is 3.26. The van der Waals surface area contributed by atoms with E-state index in [4.69, 9.17) is 4.74 Å². The SMILES string of the molecule is CCOc1ccc(CS(=O)(=O)NCC(=O)NCc2cccnc2)cc1. The van der Waals surface area contributed by atoms with Gasteiger partial charge in [-0.3, -0.25) is 9.78 Å². The van der Waals surface area contributed by atoms with Crippen molar-refractivity contribution in [3.05, 3.63) is 59.9 Å². The highest BCUT2D eigenvalue weighted by Gasteiger charge is 2.13. The Morgan fingerprint density at radius 2 is 1.92 bits per heavy atom. The highest BCUT2D eigenvalue weighted by atomic mass is 32.2. The van der Waals surface area contributed by atoms with E-state index < -0.39 is 15.9 Å². The maximum Gasteiger partial charge on any atom is 0.235 e. The maximum absolute atomic E-state index is 12.1. The van der Waals surface area contributed by atoms with Crippen molar-refractivity contribution in [3.8, 4) is 5.75 Å². The lowest BCUT2D eigenvalue weighted by molar-refractivity contribution is -0.120. The van der Waals surface area contributed by atoms with Crippen LogP contribution in [0.4, 0.5) is 0 Å². The molecule has 0 bridgehead atoms. The number of rotatable bonds is 9. The van der Waals surface area contributed by atoms with E-state index in [-0.39, 0.29) is 12.3 Å². The van der Waals surface area contributed by atoms with Crippen LogP contribution in [0.1, 0.15) is 18.1 Å². The number of amides is 1. The minimum absolute atomic E-state index is 0.199. The van der Waals surface area contributed by atoms with Crippen LogP contribution < -0.4 is 14.8 Å². The van der Waals surface area contributed by atoms with Crippen molar-refractivity contribution in [3.63, 3.8) is 0 Å². The van der Waals surface area contributed by atoms with Gasteiger partial charge in [0, 0.05) is 18.9 Å². The lowest BCUT2D eigenvalue weighted by Gasteiger charge is -2.09. The molecule has 1 aromatic heterocycles. The monoisotopic (exact) mass is 363 g/mol. The molecule has 0 spiro atoms. The van der Waals surface area contributed by atoms with Crippen LogP contribution in [0.15, 0.2) is 48.8 Å². The molecular weight excluding hydrogens is 342 g/mol. The molecule has 0 unspecified atom stereocenters. The van der Waals surface area contributed by atoms with E-state index >= 15 is 0 Å². The number of nitrogens with one attached hydrogen (secondary N) is 2. The summed E-state index contributed by atoms with van der Waals surface area (Å²) in [5.74, 6) is 0.0838. The van der Waals surface area contributed by atoms with Crippen molar-refractivity contribution >= 4 is 15.9 Å². The van der Waals surface area contributed by atoms with Crippen LogP contribution in [0.25, 0.3) is 0 Å². The third-order valence-corrected chi connectivity index (χ3v) is 4.55. The van der Waals surface area contributed by atoms with E-state index in [1.807, 2.05) is 13.0 Å². The number of carbonyl (C=O) groups excluding carboxylic acids is 1. The van der Waals surface area contributed by atoms with Crippen molar-refractivity contribution in [1.82, 2.24) is 15.0 Å². The fourth-order valence-electron chi connectivity index (χ4n) is 2.06. The van der Waals surface area contributed by atoms with Gasteiger partial charge < -0.3 is 10.1 Å². The molecule has 25 heavy (non-hydrogen) atoms. The Labute approximate surface area is 147 Å². The zero-order valence-corrected chi connectivity index (χ0v) is 14.8. The van der Waals surface area contributed by atoms with Gasteiger partial charge in [-0.05, 0) is 36.2 Å². The summed E-state index contributed by atoms with van der Waals surface area (Å²) < 4.78 is 31.7. The maximum atomic E-state index is 12.1. The van der Waals surface area contributed by atoms with Crippen LogP contribution in [-0.4, -0.2) is 32.5 Å². The van der Waals surface area contributed by atoms with Crippen molar-refractivity contribution in [2.45, 2.75) is 19.2 Å². The molecule has 2 aromatic rings. The van der Waals surface area contributed by atoms with E-state index in [0.717, 1.165) is 5.56 Å². The van der Waals surface area contributed by atoms with E-state index in [9.17, 15) is 13.2 Å². The first-order valence-corrected chi connectivity index (χ1v) is 9.48. The molecule has 1 aromatic carbocycles. The molecule has 0 fully saturated rings. The van der Waals surface area contributed by atoms with Gasteiger partial charge >= 0.3 is 0 Å². The summed E-state index contributed by atoms with van der Waals surface area (Å²) in [6.45, 7) is 2.42. The molecule has 134 valence electrons. The van der Waals surface area contributed by atoms with E-state index in [2.05, 4.69) is 15.0 Å². The Balaban J connectivity index is 1.79. The smallest absolute Gasteiger partial charge is 0.235 e. The molecule has 0 radical (unpaired) electrons. The number of aromatic nitrogens is 1. The summed E-state index contributed by atoms with van der Waals surface area (Å²) >= 11 is 0. The van der Waals surface area contributed by atoms with E-state index in [1.54, 1.807) is 42.7 Å². The molecule has 2 N–H and O–H groups in total. The second-order valence-electron chi connectivity index (χ2n) is 5.30. The Hall–Kier alpha value is -2.45. The van der Waals surface area contributed by atoms with Crippen molar-refractivity contribution in [1.29, 1.82) is 0 Å². The number of benzene rings is 1. The second-order valence-corrected chi connectivity index (χ2v) is 7.10. The number of pyridine rings is 1. The summed E-state index contributed by atoms with van der Waals surface area (Å²) in [5.41, 5.74) is 1.46. The molecule has 1 heterocycles. The van der Waals surface area contributed by atoms with Gasteiger partial charge in [0.1, 0.15) is 5.75 Å². The second kappa shape index (κ2) is 9.14. The molecule has 0 atom stereocenters. The fraction of sp³-hybridized carbons (Fsp3) is 0.294. The van der Waals surface area contributed by atoms with Crippen LogP contribution in [0.2, 0.25) is 0 Å². The number of carbonyl (C=O) groups is 1. The van der Waals surface area contributed by atoms with Crippen LogP contribution in [0.3, 0.4) is 0 Å². The first kappa shape index (κ1) is 18.9. The van der Waals surface area contributed by atoms with Crippen LogP contribution >= 0.6 is 0 Å². The topological polar surface area (TPSA) is 97.4 Å². The van der Waals surface area contributed by atoms with Gasteiger partial charge in [-0.2, -0.15) is 0 Å². The van der Waals surface area contributed by atoms with Crippen molar-refractivity contribution < 1.29 is 17.9 Å². The van der Waals surface area contributed by atoms with Gasteiger partial charge in [0.05, 0.1) is 18.9 Å². The van der Waals surface area contributed by atoms with E-state index in [1.165, 1.54) is 0 Å². The Kier molecular flexibility index (Phi) is 6.91. The number of nitrogens with zero attached hydrogens (tertiary/aromatic N) is 1. The highest BCUT2D eigenvalue weighted by molar-refractivity contribution is 7.88. The molecule has 8 heteroatoms. The summed E-state index contributed by atoms with van der Waals surface area (Å²) in [5, 5.41) is 2.63. The minimum atomic E-state index is -3.60. The molecule has 0 aliphatic heterocycles. The van der Waals surface area contributed by atoms with Gasteiger partial charge in [-0.15, -0.1) is 0 Å². The number of ether oxygens (including phenoxy) is 1. The summed E-state index contributed by atoms with van der Waals surface area (Å²) in [6, 6.07) is 10.4. The van der Waals surface area contributed by atoms with Crippen LogP contribution in [-0.2, 0) is 27.1 Å². The lowest BCUT2D eigenvalue weighted by atomic mass is 10.2. The first-order chi connectivity index (χ1) is 12.0. The van der Waals surface area contributed by atoms with Gasteiger partial charge in [-0.1, -0.05) is 18.2 Å². The Bertz CT molecular complexity index is 777. The lowest BCUT2D eigenvalue weighted by Crippen LogP contribution is -2.37. The molecular formula is C17H21N3O4S. The Morgan fingerprint density at radius 1 is 1.16 bits per heavy atom. The predicted octanol–water partition coefficient (Wildman–Crippen LogP) is 1.22. The molecule has 0 aliphatic rings. The zero-order valence-electron chi connectivity index (χ0n) is 13.9. The molecule has 0 aliphatic carbocycles. The molecule has 7 nitrogen and oxygen atoms in total. The summed E-state index contributed by atoms with van der Waals surface area (Å²) in [4.78, 5) is 15.7. The standard InChI is InChI=1S/C17H21N3O4S/c1-2-24-16-7-5-14(6-8-16)13-25(22,23)20-12-17(21)19-11-15-4-3-9-18-10-15/h3-10,20H,2,11-13H2,1H3,(H,19,21). The van der Waals surface area contributed by atoms with Gasteiger partial charge in [0.25, 0.3) is 0 Å². The Morgan fingerprint density at radius 3 is 2.56 bits per heavy atom. The zero-order chi connectivity index (χ0) is 18.1. The largest absolute Gasteiger partial charge is 0.494 e.